The van der Waals surface area contributed by atoms with Gasteiger partial charge in [0, 0.05) is 11.5 Å². The normalized spacial score (nSPS) is 10.9. The van der Waals surface area contributed by atoms with E-state index in [2.05, 4.69) is 10.2 Å². The largest absolute Gasteiger partial charge is 0.478 e. The molecule has 1 aromatic carbocycles. The van der Waals surface area contributed by atoms with E-state index in [0.29, 0.717) is 5.69 Å². The SMILES string of the molecule is O=C(O)/C=C/c1cc2ccccc2nn1. The van der Waals surface area contributed by atoms with Crippen LogP contribution in [-0.4, -0.2) is 21.3 Å². The third-order valence-corrected chi connectivity index (χ3v) is 1.91. The number of carboxylic acid groups (broad SMARTS) is 1. The number of aromatic nitrogens is 2. The lowest BCUT2D eigenvalue weighted by Gasteiger charge is -1.95. The Morgan fingerprint density at radius 1 is 1.27 bits per heavy atom. The van der Waals surface area contributed by atoms with E-state index < -0.39 is 5.97 Å². The minimum absolute atomic E-state index is 0.538. The van der Waals surface area contributed by atoms with Crippen molar-refractivity contribution in [3.8, 4) is 0 Å². The maximum atomic E-state index is 10.3. The molecule has 1 N–H and O–H groups in total. The molecule has 0 spiro atoms. The topological polar surface area (TPSA) is 63.1 Å². The van der Waals surface area contributed by atoms with Crippen LogP contribution in [0.4, 0.5) is 0 Å². The Hall–Kier alpha value is -2.23. The number of carboxylic acids is 1. The number of carbonyl (C=O) groups is 1. The Bertz CT molecular complexity index is 535. The Morgan fingerprint density at radius 2 is 2.07 bits per heavy atom. The molecule has 0 unspecified atom stereocenters. The molecule has 0 aliphatic heterocycles. The summed E-state index contributed by atoms with van der Waals surface area (Å²) >= 11 is 0. The van der Waals surface area contributed by atoms with Crippen LogP contribution in [0, 0.1) is 0 Å². The zero-order valence-electron chi connectivity index (χ0n) is 7.79. The maximum Gasteiger partial charge on any atom is 0.328 e. The quantitative estimate of drug-likeness (QED) is 0.750. The summed E-state index contributed by atoms with van der Waals surface area (Å²) in [6.07, 6.45) is 2.46. The predicted octanol–water partition coefficient (Wildman–Crippen LogP) is 1.73. The molecule has 0 amide bonds. The molecule has 1 heterocycles. The molecule has 2 aromatic rings. The highest BCUT2D eigenvalue weighted by Gasteiger charge is 1.96. The van der Waals surface area contributed by atoms with Crippen molar-refractivity contribution in [3.05, 3.63) is 42.1 Å². The first-order valence-electron chi connectivity index (χ1n) is 4.39. The number of rotatable bonds is 2. The van der Waals surface area contributed by atoms with Crippen LogP contribution >= 0.6 is 0 Å². The molecule has 0 saturated heterocycles. The van der Waals surface area contributed by atoms with E-state index in [4.69, 9.17) is 5.11 Å². The van der Waals surface area contributed by atoms with Gasteiger partial charge in [-0.25, -0.2) is 4.79 Å². The number of hydrogen-bond acceptors (Lipinski definition) is 3. The van der Waals surface area contributed by atoms with Crippen LogP contribution < -0.4 is 0 Å². The van der Waals surface area contributed by atoms with Gasteiger partial charge in [0.05, 0.1) is 11.2 Å². The van der Waals surface area contributed by atoms with Gasteiger partial charge in [-0.3, -0.25) is 0 Å². The molecule has 0 atom stereocenters. The fourth-order valence-electron chi connectivity index (χ4n) is 1.24. The van der Waals surface area contributed by atoms with Crippen molar-refractivity contribution >= 4 is 22.9 Å². The van der Waals surface area contributed by atoms with Crippen LogP contribution in [0.3, 0.4) is 0 Å². The number of hydrogen-bond donors (Lipinski definition) is 1. The molecule has 0 radical (unpaired) electrons. The van der Waals surface area contributed by atoms with Crippen LogP contribution in [0.2, 0.25) is 0 Å². The van der Waals surface area contributed by atoms with E-state index >= 15 is 0 Å². The smallest absolute Gasteiger partial charge is 0.328 e. The van der Waals surface area contributed by atoms with E-state index in [-0.39, 0.29) is 0 Å². The van der Waals surface area contributed by atoms with Crippen LogP contribution in [-0.2, 0) is 4.79 Å². The molecular weight excluding hydrogens is 192 g/mol. The summed E-state index contributed by atoms with van der Waals surface area (Å²) in [5.41, 5.74) is 1.33. The summed E-state index contributed by atoms with van der Waals surface area (Å²) in [6.45, 7) is 0. The third kappa shape index (κ3) is 2.17. The van der Waals surface area contributed by atoms with Gasteiger partial charge in [-0.1, -0.05) is 18.2 Å². The first-order chi connectivity index (χ1) is 7.25. The minimum Gasteiger partial charge on any atom is -0.478 e. The minimum atomic E-state index is -0.995. The summed E-state index contributed by atoms with van der Waals surface area (Å²) < 4.78 is 0. The second-order valence-electron chi connectivity index (χ2n) is 3.00. The summed E-state index contributed by atoms with van der Waals surface area (Å²) in [5.74, 6) is -0.995. The van der Waals surface area contributed by atoms with Crippen molar-refractivity contribution in [1.29, 1.82) is 0 Å². The fourth-order valence-corrected chi connectivity index (χ4v) is 1.24. The molecule has 0 aliphatic rings. The monoisotopic (exact) mass is 200 g/mol. The summed E-state index contributed by atoms with van der Waals surface area (Å²) in [4.78, 5) is 10.3. The number of fused-ring (bicyclic) bond motifs is 1. The van der Waals surface area contributed by atoms with Gasteiger partial charge in [0.25, 0.3) is 0 Å². The molecular formula is C11H8N2O2. The van der Waals surface area contributed by atoms with Gasteiger partial charge in [-0.15, -0.1) is 5.10 Å². The highest BCUT2D eigenvalue weighted by atomic mass is 16.4. The maximum absolute atomic E-state index is 10.3. The number of benzene rings is 1. The van der Waals surface area contributed by atoms with Crippen molar-refractivity contribution in [2.75, 3.05) is 0 Å². The van der Waals surface area contributed by atoms with Gasteiger partial charge in [-0.2, -0.15) is 5.10 Å². The molecule has 0 fully saturated rings. The standard InChI is InChI=1S/C11H8N2O2/c14-11(15)6-5-9-7-8-3-1-2-4-10(8)13-12-9/h1-7H,(H,14,15)/b6-5+. The van der Waals surface area contributed by atoms with Crippen molar-refractivity contribution in [1.82, 2.24) is 10.2 Å². The summed E-state index contributed by atoms with van der Waals surface area (Å²) in [5, 5.41) is 17.2. The number of nitrogens with zero attached hydrogens (tertiary/aromatic N) is 2. The van der Waals surface area contributed by atoms with E-state index in [1.807, 2.05) is 24.3 Å². The van der Waals surface area contributed by atoms with Crippen LogP contribution in [0.15, 0.2) is 36.4 Å². The van der Waals surface area contributed by atoms with Crippen molar-refractivity contribution in [3.63, 3.8) is 0 Å². The Morgan fingerprint density at radius 3 is 2.87 bits per heavy atom. The van der Waals surface area contributed by atoms with E-state index in [1.165, 1.54) is 6.08 Å². The van der Waals surface area contributed by atoms with E-state index in [0.717, 1.165) is 17.0 Å². The molecule has 1 aromatic heterocycles. The second kappa shape index (κ2) is 3.88. The molecule has 4 heteroatoms. The average molecular weight is 200 g/mol. The zero-order chi connectivity index (χ0) is 10.7. The van der Waals surface area contributed by atoms with Crippen molar-refractivity contribution in [2.24, 2.45) is 0 Å². The first kappa shape index (κ1) is 9.33. The van der Waals surface area contributed by atoms with Gasteiger partial charge < -0.3 is 5.11 Å². The summed E-state index contributed by atoms with van der Waals surface area (Å²) in [6, 6.07) is 9.33. The van der Waals surface area contributed by atoms with Gasteiger partial charge in [0.1, 0.15) is 0 Å². The molecule has 0 aliphatic carbocycles. The fraction of sp³-hybridized carbons (Fsp3) is 0. The molecule has 74 valence electrons. The number of aliphatic carboxylic acids is 1. The van der Waals surface area contributed by atoms with Crippen LogP contribution in [0.25, 0.3) is 17.0 Å². The van der Waals surface area contributed by atoms with Crippen molar-refractivity contribution in [2.45, 2.75) is 0 Å². The highest BCUT2D eigenvalue weighted by Crippen LogP contribution is 2.11. The molecule has 0 bridgehead atoms. The van der Waals surface area contributed by atoms with Crippen LogP contribution in [0.1, 0.15) is 5.69 Å². The average Bonchev–Trinajstić information content (AvgIpc) is 2.26. The lowest BCUT2D eigenvalue weighted by molar-refractivity contribution is -0.131. The van der Waals surface area contributed by atoms with Crippen molar-refractivity contribution < 1.29 is 9.90 Å². The lowest BCUT2D eigenvalue weighted by Crippen LogP contribution is -1.90. The van der Waals surface area contributed by atoms with E-state index in [1.54, 1.807) is 6.07 Å². The predicted molar refractivity (Wildman–Crippen MR) is 56.2 cm³/mol. The molecule has 2 rings (SSSR count). The summed E-state index contributed by atoms with van der Waals surface area (Å²) in [7, 11) is 0. The van der Waals surface area contributed by atoms with Gasteiger partial charge in [-0.05, 0) is 18.2 Å². The molecule has 4 nitrogen and oxygen atoms in total. The lowest BCUT2D eigenvalue weighted by atomic mass is 10.2. The Balaban J connectivity index is 2.43. The molecule has 15 heavy (non-hydrogen) atoms. The van der Waals surface area contributed by atoms with Gasteiger partial charge >= 0.3 is 5.97 Å². The Labute approximate surface area is 85.9 Å². The zero-order valence-corrected chi connectivity index (χ0v) is 7.79. The highest BCUT2D eigenvalue weighted by molar-refractivity contribution is 5.86. The van der Waals surface area contributed by atoms with Gasteiger partial charge in [0.15, 0.2) is 0 Å². The van der Waals surface area contributed by atoms with Gasteiger partial charge in [0.2, 0.25) is 0 Å². The third-order valence-electron chi connectivity index (χ3n) is 1.91. The second-order valence-corrected chi connectivity index (χ2v) is 3.00. The van der Waals surface area contributed by atoms with Crippen LogP contribution in [0.5, 0.6) is 0 Å². The van der Waals surface area contributed by atoms with E-state index in [9.17, 15) is 4.79 Å². The molecule has 0 saturated carbocycles. The Kier molecular flexibility index (Phi) is 2.41. The first-order valence-corrected chi connectivity index (χ1v) is 4.39.